The maximum absolute atomic E-state index is 15.6. The summed E-state index contributed by atoms with van der Waals surface area (Å²) in [6.45, 7) is 0.167. The minimum Gasteiger partial charge on any atom is -0.465 e. The monoisotopic (exact) mass is 1280 g/mol. The molecule has 8 rings (SSSR count). The number of hydrogen-bond acceptors (Lipinski definition) is 16. The molecule has 15 nitrogen and oxygen atoms in total. The number of rotatable bonds is 29. The number of benzene rings is 6. The molecule has 0 amide bonds. The van der Waals surface area contributed by atoms with E-state index in [0.29, 0.717) is 57.3 Å². The summed E-state index contributed by atoms with van der Waals surface area (Å²) in [5.74, 6) is -2.44. The predicted molar refractivity (Wildman–Crippen MR) is 350 cm³/mol. The van der Waals surface area contributed by atoms with E-state index in [1.165, 1.54) is 36.4 Å². The molecule has 19 heteroatoms. The van der Waals surface area contributed by atoms with E-state index in [1.807, 2.05) is 48.3 Å². The number of likely N-dealkylation sites (N-methyl/N-ethyl adjacent to an activating group) is 1. The Bertz CT molecular complexity index is 4160. The molecule has 0 N–H and O–H groups in total. The highest BCUT2D eigenvalue weighted by atomic mass is 32.1. The van der Waals surface area contributed by atoms with E-state index in [9.17, 15) is 44.6 Å². The summed E-state index contributed by atoms with van der Waals surface area (Å²) in [4.78, 5) is 78.6. The van der Waals surface area contributed by atoms with E-state index >= 15 is 13.2 Å². The molecule has 1 aliphatic rings. The second-order valence-electron chi connectivity index (χ2n) is 21.2. The molecule has 1 atom stereocenters. The average molecular weight is 1280 g/mol. The Labute approximate surface area is 545 Å². The Morgan fingerprint density at radius 2 is 1.03 bits per heavy atom. The molecular weight excluding hydrogens is 1220 g/mol. The summed E-state index contributed by atoms with van der Waals surface area (Å²) >= 11 is 1.14. The van der Waals surface area contributed by atoms with Crippen LogP contribution >= 0.6 is 11.3 Å². The van der Waals surface area contributed by atoms with Gasteiger partial charge in [-0.05, 0) is 109 Å². The molecule has 0 fully saturated rings. The summed E-state index contributed by atoms with van der Waals surface area (Å²) in [5.41, 5.74) is -1.32. The van der Waals surface area contributed by atoms with Crippen molar-refractivity contribution in [2.45, 2.75) is 69.8 Å². The van der Waals surface area contributed by atoms with Crippen LogP contribution in [0.5, 0.6) is 11.5 Å². The standard InChI is InChI=1S/C75H61F3N4O11S/c1-82(45-46-89-69(85)21-11-13-23-71(87)91-61-36-27-53(28-37-61)32-42-66(83)55-15-5-2-6-16-55)60-34-25-52(26-35-60)31-40-63-47-57(51-90-70(86)22-12-14-24-72(88)92-62-38-29-54(30-39-62)33-43-67(84)56-17-7-3-8-18-56)68(94-63)44-41-65-64(50-81)73(58(48-79)49-80)93-74(65,75(76,77)78)59-19-9-4-10-20-59/h2-10,15-20,25-44,47H,11-14,21-24,45-46,51H2,1H3/b40-31+,42-32+,43-33+,44-41+. The van der Waals surface area contributed by atoms with Crippen molar-refractivity contribution in [3.05, 3.63) is 259 Å². The number of allylic oxidation sites excluding steroid dienone is 4. The molecule has 1 aromatic heterocycles. The number of thiophene rings is 1. The number of carbonyl (C=O) groups is 6. The number of halogens is 3. The van der Waals surface area contributed by atoms with Gasteiger partial charge in [0.1, 0.15) is 48.5 Å². The zero-order chi connectivity index (χ0) is 66.9. The fraction of sp³-hybridized carbons (Fsp3) is 0.187. The molecule has 1 unspecified atom stereocenters. The summed E-state index contributed by atoms with van der Waals surface area (Å²) in [6.07, 6.45) is 8.52. The lowest BCUT2D eigenvalue weighted by atomic mass is 9.84. The largest absolute Gasteiger partial charge is 0.465 e. The van der Waals surface area contributed by atoms with E-state index < -0.39 is 63.7 Å². The minimum absolute atomic E-state index is 0.00689. The van der Waals surface area contributed by atoms with Gasteiger partial charge in [0.05, 0.1) is 6.54 Å². The number of carbonyl (C=O) groups excluding carboxylic acids is 6. The fourth-order valence-electron chi connectivity index (χ4n) is 9.62. The minimum atomic E-state index is -5.23. The highest BCUT2D eigenvalue weighted by molar-refractivity contribution is 7.14. The Balaban J connectivity index is 0.854. The first-order chi connectivity index (χ1) is 45.5. The number of nitrogens with zero attached hydrogens (tertiary/aromatic N) is 4. The summed E-state index contributed by atoms with van der Waals surface area (Å²) < 4.78 is 74.6. The summed E-state index contributed by atoms with van der Waals surface area (Å²) in [6, 6.07) is 51.6. The van der Waals surface area contributed by atoms with Crippen LogP contribution in [0.15, 0.2) is 211 Å². The van der Waals surface area contributed by atoms with E-state index in [-0.39, 0.29) is 63.3 Å². The van der Waals surface area contributed by atoms with E-state index in [0.717, 1.165) is 51.9 Å². The molecule has 94 heavy (non-hydrogen) atoms. The third-order valence-corrected chi connectivity index (χ3v) is 15.7. The van der Waals surface area contributed by atoms with Crippen LogP contribution in [0, 0.1) is 34.0 Å². The van der Waals surface area contributed by atoms with Crippen LogP contribution in [0.4, 0.5) is 18.9 Å². The van der Waals surface area contributed by atoms with Gasteiger partial charge >= 0.3 is 30.1 Å². The van der Waals surface area contributed by atoms with Crippen LogP contribution < -0.4 is 14.4 Å². The molecular formula is C75H61F3N4O11S. The van der Waals surface area contributed by atoms with Crippen molar-refractivity contribution in [1.29, 1.82) is 15.8 Å². The van der Waals surface area contributed by atoms with Crippen molar-refractivity contribution in [2.75, 3.05) is 25.1 Å². The maximum Gasteiger partial charge on any atom is 0.437 e. The maximum atomic E-state index is 15.6. The van der Waals surface area contributed by atoms with Crippen molar-refractivity contribution < 1.29 is 65.6 Å². The van der Waals surface area contributed by atoms with Gasteiger partial charge in [-0.2, -0.15) is 29.0 Å². The van der Waals surface area contributed by atoms with E-state index in [4.69, 9.17) is 23.7 Å². The zero-order valence-electron chi connectivity index (χ0n) is 50.9. The van der Waals surface area contributed by atoms with Crippen LogP contribution in [-0.2, 0) is 45.6 Å². The van der Waals surface area contributed by atoms with Crippen molar-refractivity contribution >= 4 is 82.8 Å². The Morgan fingerprint density at radius 3 is 1.52 bits per heavy atom. The highest BCUT2D eigenvalue weighted by Gasteiger charge is 2.65. The van der Waals surface area contributed by atoms with Gasteiger partial charge in [-0.1, -0.05) is 152 Å². The second-order valence-corrected chi connectivity index (χ2v) is 22.3. The van der Waals surface area contributed by atoms with Crippen molar-refractivity contribution in [3.8, 4) is 29.7 Å². The smallest absolute Gasteiger partial charge is 0.437 e. The average Bonchev–Trinajstić information content (AvgIpc) is 1.54. The summed E-state index contributed by atoms with van der Waals surface area (Å²) in [5, 5.41) is 29.9. The number of nitriles is 3. The zero-order valence-corrected chi connectivity index (χ0v) is 51.7. The Kier molecular flexibility index (Phi) is 24.4. The van der Waals surface area contributed by atoms with Gasteiger partial charge in [-0.3, -0.25) is 28.8 Å². The SMILES string of the molecule is CN(CCOC(=O)CCCCC(=O)Oc1ccc(/C=C/C(=O)c2ccccc2)cc1)c1ccc(/C=C/c2cc(COC(=O)CCCCC(=O)Oc3ccc(/C=C/C(=O)c4ccccc4)cc3)c(/C=C/C3=C(C#N)C(=C(C#N)C#N)OC3(c3ccccc3)C(F)(F)F)s2)cc1. The number of ketones is 2. The highest BCUT2D eigenvalue weighted by Crippen LogP contribution is 2.56. The molecule has 2 heterocycles. The molecule has 0 aliphatic carbocycles. The third-order valence-electron chi connectivity index (χ3n) is 14.6. The first-order valence-electron chi connectivity index (χ1n) is 29.8. The Hall–Kier alpha value is -11.5. The normalized spacial score (nSPS) is 13.7. The third kappa shape index (κ3) is 19.1. The van der Waals surface area contributed by atoms with Crippen molar-refractivity contribution in [2.24, 2.45) is 0 Å². The van der Waals surface area contributed by atoms with Gasteiger partial charge in [0.2, 0.25) is 0 Å². The van der Waals surface area contributed by atoms with Gasteiger partial charge < -0.3 is 28.6 Å². The number of hydrogen-bond donors (Lipinski definition) is 0. The number of ether oxygens (including phenoxy) is 5. The second kappa shape index (κ2) is 33.6. The molecule has 0 radical (unpaired) electrons. The van der Waals surface area contributed by atoms with Crippen LogP contribution in [0.3, 0.4) is 0 Å². The van der Waals surface area contributed by atoms with Crippen LogP contribution in [0.2, 0.25) is 0 Å². The lowest BCUT2D eigenvalue weighted by Crippen LogP contribution is -2.43. The first kappa shape index (κ1) is 68.4. The van der Waals surface area contributed by atoms with E-state index in [2.05, 4.69) is 0 Å². The topological polar surface area (TPSA) is 223 Å². The molecule has 0 spiro atoms. The quantitative estimate of drug-likeness (QED) is 0.0106. The first-order valence-corrected chi connectivity index (χ1v) is 30.6. The number of unbranched alkanes of at least 4 members (excludes halogenated alkanes) is 2. The van der Waals surface area contributed by atoms with Gasteiger partial charge in [-0.25, -0.2) is 0 Å². The van der Waals surface area contributed by atoms with Gasteiger partial charge in [0, 0.05) is 76.0 Å². The molecule has 474 valence electrons. The van der Waals surface area contributed by atoms with Crippen LogP contribution in [0.25, 0.3) is 30.4 Å². The van der Waals surface area contributed by atoms with Gasteiger partial charge in [-0.15, -0.1) is 11.3 Å². The van der Waals surface area contributed by atoms with Gasteiger partial charge in [0.25, 0.3) is 5.60 Å². The number of anilines is 1. The van der Waals surface area contributed by atoms with E-state index in [1.54, 1.807) is 146 Å². The lowest BCUT2D eigenvalue weighted by Gasteiger charge is -2.33. The van der Waals surface area contributed by atoms with Crippen LogP contribution in [-0.4, -0.2) is 61.8 Å². The fourth-order valence-corrected chi connectivity index (χ4v) is 10.6. The predicted octanol–water partition coefficient (Wildman–Crippen LogP) is 15.7. The van der Waals surface area contributed by atoms with Crippen molar-refractivity contribution in [1.82, 2.24) is 0 Å². The molecule has 1 aliphatic heterocycles. The molecule has 0 saturated heterocycles. The molecule has 6 aromatic carbocycles. The summed E-state index contributed by atoms with van der Waals surface area (Å²) in [7, 11) is 1.84. The molecule has 0 bridgehead atoms. The molecule has 7 aromatic rings. The van der Waals surface area contributed by atoms with Crippen LogP contribution in [0.1, 0.15) is 110 Å². The molecule has 0 saturated carbocycles. The Morgan fingerprint density at radius 1 is 0.564 bits per heavy atom. The van der Waals surface area contributed by atoms with Crippen molar-refractivity contribution in [3.63, 3.8) is 0 Å². The van der Waals surface area contributed by atoms with Gasteiger partial charge in [0.15, 0.2) is 22.9 Å². The number of alkyl halides is 3. The number of esters is 4. The lowest BCUT2D eigenvalue weighted by molar-refractivity contribution is -0.249.